The first kappa shape index (κ1) is 20.3. The molecule has 6 nitrogen and oxygen atoms in total. The van der Waals surface area contributed by atoms with Crippen LogP contribution in [0.5, 0.6) is 0 Å². The Balaban J connectivity index is 0.00000225. The third-order valence-electron chi connectivity index (χ3n) is 4.68. The van der Waals surface area contributed by atoms with Crippen molar-refractivity contribution >= 4 is 29.9 Å². The standard InChI is InChI=1S/C20H20ClN5O.ClH/c21-17-8-4-7-16(11-17)19-12-22-9-10-26(19)20(27)18-14-25(24-23-18)13-15-5-2-1-3-6-15;/h1-8,11,14,19,22H,9-10,12-13H2;1H. The van der Waals surface area contributed by atoms with E-state index in [-0.39, 0.29) is 24.4 Å². The van der Waals surface area contributed by atoms with Crippen LogP contribution in [0, 0.1) is 0 Å². The van der Waals surface area contributed by atoms with E-state index >= 15 is 0 Å². The zero-order valence-corrected chi connectivity index (χ0v) is 16.7. The number of carbonyl (C=O) groups excluding carboxylic acids is 1. The fourth-order valence-electron chi connectivity index (χ4n) is 3.35. The van der Waals surface area contributed by atoms with E-state index in [0.717, 1.165) is 17.7 Å². The summed E-state index contributed by atoms with van der Waals surface area (Å²) in [6.45, 7) is 2.63. The lowest BCUT2D eigenvalue weighted by Crippen LogP contribution is -2.48. The van der Waals surface area contributed by atoms with Gasteiger partial charge in [0.1, 0.15) is 0 Å². The van der Waals surface area contributed by atoms with Crippen molar-refractivity contribution in [1.82, 2.24) is 25.2 Å². The minimum atomic E-state index is -0.110. The van der Waals surface area contributed by atoms with Gasteiger partial charge in [0, 0.05) is 24.7 Å². The summed E-state index contributed by atoms with van der Waals surface area (Å²) in [6, 6.07) is 17.5. The van der Waals surface area contributed by atoms with E-state index in [9.17, 15) is 4.79 Å². The fourth-order valence-corrected chi connectivity index (χ4v) is 3.55. The lowest BCUT2D eigenvalue weighted by Gasteiger charge is -2.36. The monoisotopic (exact) mass is 417 g/mol. The number of halogens is 2. The van der Waals surface area contributed by atoms with Gasteiger partial charge in [0.25, 0.3) is 5.91 Å². The summed E-state index contributed by atoms with van der Waals surface area (Å²) in [4.78, 5) is 14.9. The van der Waals surface area contributed by atoms with Crippen molar-refractivity contribution < 1.29 is 4.79 Å². The summed E-state index contributed by atoms with van der Waals surface area (Å²) < 4.78 is 1.69. The van der Waals surface area contributed by atoms with Crippen molar-refractivity contribution in [1.29, 1.82) is 0 Å². The Bertz CT molecular complexity index is 931. The molecule has 1 saturated heterocycles. The molecule has 8 heteroatoms. The van der Waals surface area contributed by atoms with Crippen LogP contribution in [-0.4, -0.2) is 45.4 Å². The molecule has 28 heavy (non-hydrogen) atoms. The van der Waals surface area contributed by atoms with Gasteiger partial charge in [-0.1, -0.05) is 59.3 Å². The number of benzene rings is 2. The molecule has 1 N–H and O–H groups in total. The van der Waals surface area contributed by atoms with Crippen LogP contribution in [0.4, 0.5) is 0 Å². The Hall–Kier alpha value is -2.41. The first-order valence-corrected chi connectivity index (χ1v) is 9.30. The van der Waals surface area contributed by atoms with E-state index in [1.165, 1.54) is 0 Å². The molecular formula is C20H21Cl2N5O. The Morgan fingerprint density at radius 2 is 2.00 bits per heavy atom. The Morgan fingerprint density at radius 3 is 2.79 bits per heavy atom. The summed E-state index contributed by atoms with van der Waals surface area (Å²) in [6.07, 6.45) is 1.71. The van der Waals surface area contributed by atoms with E-state index in [1.807, 2.05) is 59.5 Å². The number of rotatable bonds is 4. The van der Waals surface area contributed by atoms with Gasteiger partial charge < -0.3 is 10.2 Å². The molecule has 4 rings (SSSR count). The molecule has 146 valence electrons. The van der Waals surface area contributed by atoms with E-state index in [2.05, 4.69) is 15.6 Å². The van der Waals surface area contributed by atoms with Gasteiger partial charge in [0.15, 0.2) is 5.69 Å². The second-order valence-electron chi connectivity index (χ2n) is 6.56. The van der Waals surface area contributed by atoms with E-state index in [1.54, 1.807) is 10.9 Å². The van der Waals surface area contributed by atoms with Gasteiger partial charge in [-0.15, -0.1) is 17.5 Å². The molecule has 1 amide bonds. The molecule has 0 aliphatic carbocycles. The van der Waals surface area contributed by atoms with Crippen LogP contribution >= 0.6 is 24.0 Å². The van der Waals surface area contributed by atoms with Crippen molar-refractivity contribution in [3.8, 4) is 0 Å². The number of piperazine rings is 1. The molecule has 0 saturated carbocycles. The molecule has 2 aromatic carbocycles. The number of aromatic nitrogens is 3. The number of carbonyl (C=O) groups is 1. The minimum Gasteiger partial charge on any atom is -0.328 e. The van der Waals surface area contributed by atoms with Crippen molar-refractivity contribution in [2.75, 3.05) is 19.6 Å². The quantitative estimate of drug-likeness (QED) is 0.707. The van der Waals surface area contributed by atoms with Gasteiger partial charge >= 0.3 is 0 Å². The third kappa shape index (κ3) is 4.52. The van der Waals surface area contributed by atoms with Crippen molar-refractivity contribution in [2.45, 2.75) is 12.6 Å². The molecule has 0 bridgehead atoms. The van der Waals surface area contributed by atoms with Gasteiger partial charge in [-0.05, 0) is 23.3 Å². The van der Waals surface area contributed by atoms with Crippen LogP contribution in [0.2, 0.25) is 5.02 Å². The summed E-state index contributed by atoms with van der Waals surface area (Å²) in [5.41, 5.74) is 2.49. The van der Waals surface area contributed by atoms with Crippen LogP contribution in [0.25, 0.3) is 0 Å². The number of nitrogens with one attached hydrogen (secondary N) is 1. The summed E-state index contributed by atoms with van der Waals surface area (Å²) in [7, 11) is 0. The van der Waals surface area contributed by atoms with E-state index in [0.29, 0.717) is 30.4 Å². The molecule has 1 fully saturated rings. The van der Waals surface area contributed by atoms with Crippen molar-refractivity contribution in [3.05, 3.63) is 82.6 Å². The average Bonchev–Trinajstić information content (AvgIpc) is 3.17. The number of hydrogen-bond donors (Lipinski definition) is 1. The highest BCUT2D eigenvalue weighted by Gasteiger charge is 2.30. The Labute approximate surface area is 174 Å². The molecule has 2 heterocycles. The molecule has 1 aliphatic heterocycles. The Morgan fingerprint density at radius 1 is 1.18 bits per heavy atom. The maximum Gasteiger partial charge on any atom is 0.276 e. The first-order chi connectivity index (χ1) is 13.2. The maximum atomic E-state index is 13.1. The molecule has 1 aliphatic rings. The molecule has 3 aromatic rings. The van der Waals surface area contributed by atoms with Crippen LogP contribution in [0.3, 0.4) is 0 Å². The predicted octanol–water partition coefficient (Wildman–Crippen LogP) is 3.19. The summed E-state index contributed by atoms with van der Waals surface area (Å²) in [5, 5.41) is 12.2. The average molecular weight is 418 g/mol. The van der Waals surface area contributed by atoms with Crippen molar-refractivity contribution in [3.63, 3.8) is 0 Å². The topological polar surface area (TPSA) is 63.1 Å². The fraction of sp³-hybridized carbons (Fsp3) is 0.250. The normalized spacial score (nSPS) is 16.5. The van der Waals surface area contributed by atoms with E-state index < -0.39 is 0 Å². The van der Waals surface area contributed by atoms with Gasteiger partial charge in [0.05, 0.1) is 18.8 Å². The first-order valence-electron chi connectivity index (χ1n) is 8.92. The second-order valence-corrected chi connectivity index (χ2v) is 7.00. The molecule has 1 atom stereocenters. The van der Waals surface area contributed by atoms with Gasteiger partial charge in [-0.3, -0.25) is 4.79 Å². The number of hydrogen-bond acceptors (Lipinski definition) is 4. The largest absolute Gasteiger partial charge is 0.328 e. The molecular weight excluding hydrogens is 397 g/mol. The molecule has 1 aromatic heterocycles. The highest BCUT2D eigenvalue weighted by Crippen LogP contribution is 2.25. The zero-order chi connectivity index (χ0) is 18.6. The van der Waals surface area contributed by atoms with Crippen molar-refractivity contribution in [2.24, 2.45) is 0 Å². The van der Waals surface area contributed by atoms with Crippen LogP contribution in [0.15, 0.2) is 60.8 Å². The lowest BCUT2D eigenvalue weighted by molar-refractivity contribution is 0.0628. The van der Waals surface area contributed by atoms with E-state index in [4.69, 9.17) is 11.6 Å². The van der Waals surface area contributed by atoms with Gasteiger partial charge in [-0.25, -0.2) is 4.68 Å². The van der Waals surface area contributed by atoms with Gasteiger partial charge in [0.2, 0.25) is 0 Å². The SMILES string of the molecule is Cl.O=C(c1cn(Cc2ccccc2)nn1)N1CCNCC1c1cccc(Cl)c1. The zero-order valence-electron chi connectivity index (χ0n) is 15.2. The number of nitrogens with zero attached hydrogens (tertiary/aromatic N) is 4. The second kappa shape index (κ2) is 9.19. The predicted molar refractivity (Wildman–Crippen MR) is 111 cm³/mol. The summed E-state index contributed by atoms with van der Waals surface area (Å²) in [5.74, 6) is -0.110. The molecule has 0 spiro atoms. The van der Waals surface area contributed by atoms with Crippen LogP contribution < -0.4 is 5.32 Å². The van der Waals surface area contributed by atoms with Gasteiger partial charge in [-0.2, -0.15) is 0 Å². The summed E-state index contributed by atoms with van der Waals surface area (Å²) >= 11 is 6.14. The number of amides is 1. The Kier molecular flexibility index (Phi) is 6.67. The van der Waals surface area contributed by atoms with Crippen LogP contribution in [0.1, 0.15) is 27.7 Å². The van der Waals surface area contributed by atoms with Crippen LogP contribution in [-0.2, 0) is 6.54 Å². The smallest absolute Gasteiger partial charge is 0.276 e. The molecule has 0 radical (unpaired) electrons. The highest BCUT2D eigenvalue weighted by molar-refractivity contribution is 6.30. The highest BCUT2D eigenvalue weighted by atomic mass is 35.5. The minimum absolute atomic E-state index is 0. The third-order valence-corrected chi connectivity index (χ3v) is 4.92. The maximum absolute atomic E-state index is 13.1. The molecule has 1 unspecified atom stereocenters. The lowest BCUT2D eigenvalue weighted by atomic mass is 10.0.